The molecular formula is C12H27NO. The first kappa shape index (κ1) is 13.9. The molecular weight excluding hydrogens is 174 g/mol. The summed E-state index contributed by atoms with van der Waals surface area (Å²) in [7, 11) is 0. The average molecular weight is 201 g/mol. The van der Waals surface area contributed by atoms with Gasteiger partial charge in [-0.1, -0.05) is 33.1 Å². The first-order chi connectivity index (χ1) is 6.74. The molecule has 0 saturated heterocycles. The van der Waals surface area contributed by atoms with E-state index >= 15 is 0 Å². The summed E-state index contributed by atoms with van der Waals surface area (Å²) in [6, 6.07) is 1.09. The number of rotatable bonds is 9. The van der Waals surface area contributed by atoms with Crippen molar-refractivity contribution in [1.29, 1.82) is 0 Å². The SMILES string of the molecule is CCCCCC(C)NC(CC)CCO. The van der Waals surface area contributed by atoms with Gasteiger partial charge in [0.25, 0.3) is 0 Å². The monoisotopic (exact) mass is 201 g/mol. The second kappa shape index (κ2) is 9.47. The van der Waals surface area contributed by atoms with Gasteiger partial charge in [0.15, 0.2) is 0 Å². The van der Waals surface area contributed by atoms with E-state index in [1.807, 2.05) is 0 Å². The van der Waals surface area contributed by atoms with E-state index in [1.165, 1.54) is 25.7 Å². The number of nitrogens with one attached hydrogen (secondary N) is 1. The number of aliphatic hydroxyl groups is 1. The van der Waals surface area contributed by atoms with Crippen LogP contribution in [-0.4, -0.2) is 23.8 Å². The van der Waals surface area contributed by atoms with Gasteiger partial charge < -0.3 is 10.4 Å². The zero-order valence-electron chi connectivity index (χ0n) is 10.1. The number of hydrogen-bond donors (Lipinski definition) is 2. The van der Waals surface area contributed by atoms with Crippen molar-refractivity contribution in [2.75, 3.05) is 6.61 Å². The Labute approximate surface area is 89.1 Å². The molecule has 0 fully saturated rings. The Kier molecular flexibility index (Phi) is 9.42. The van der Waals surface area contributed by atoms with Gasteiger partial charge in [-0.3, -0.25) is 0 Å². The lowest BCUT2D eigenvalue weighted by atomic mass is 10.1. The van der Waals surface area contributed by atoms with Gasteiger partial charge in [0.1, 0.15) is 0 Å². The lowest BCUT2D eigenvalue weighted by Crippen LogP contribution is -2.36. The third-order valence-corrected chi connectivity index (χ3v) is 2.73. The summed E-state index contributed by atoms with van der Waals surface area (Å²) >= 11 is 0. The van der Waals surface area contributed by atoms with Gasteiger partial charge in [0.2, 0.25) is 0 Å². The summed E-state index contributed by atoms with van der Waals surface area (Å²) in [6.07, 6.45) is 7.20. The van der Waals surface area contributed by atoms with Crippen molar-refractivity contribution in [2.45, 2.75) is 71.4 Å². The van der Waals surface area contributed by atoms with E-state index < -0.39 is 0 Å². The fourth-order valence-electron chi connectivity index (χ4n) is 1.75. The van der Waals surface area contributed by atoms with Crippen LogP contribution in [-0.2, 0) is 0 Å². The van der Waals surface area contributed by atoms with Crippen LogP contribution >= 0.6 is 0 Å². The van der Waals surface area contributed by atoms with Crippen LogP contribution in [0.4, 0.5) is 0 Å². The van der Waals surface area contributed by atoms with Gasteiger partial charge >= 0.3 is 0 Å². The molecule has 0 spiro atoms. The number of aliphatic hydroxyl groups excluding tert-OH is 1. The molecule has 14 heavy (non-hydrogen) atoms. The molecule has 0 saturated carbocycles. The highest BCUT2D eigenvalue weighted by Gasteiger charge is 2.08. The molecule has 0 rings (SSSR count). The Balaban J connectivity index is 3.51. The van der Waals surface area contributed by atoms with Gasteiger partial charge in [-0.25, -0.2) is 0 Å². The third kappa shape index (κ3) is 7.34. The van der Waals surface area contributed by atoms with E-state index in [4.69, 9.17) is 5.11 Å². The molecule has 0 radical (unpaired) electrons. The highest BCUT2D eigenvalue weighted by atomic mass is 16.3. The van der Waals surface area contributed by atoms with Crippen LogP contribution in [0.25, 0.3) is 0 Å². The minimum atomic E-state index is 0.299. The van der Waals surface area contributed by atoms with Gasteiger partial charge in [-0.05, 0) is 26.2 Å². The largest absolute Gasteiger partial charge is 0.396 e. The van der Waals surface area contributed by atoms with Crippen molar-refractivity contribution >= 4 is 0 Å². The first-order valence-electron chi connectivity index (χ1n) is 6.11. The molecule has 0 aliphatic rings. The molecule has 0 aliphatic heterocycles. The van der Waals surface area contributed by atoms with E-state index in [1.54, 1.807) is 0 Å². The Morgan fingerprint density at radius 1 is 1.14 bits per heavy atom. The van der Waals surface area contributed by atoms with Gasteiger partial charge in [-0.2, -0.15) is 0 Å². The lowest BCUT2D eigenvalue weighted by Gasteiger charge is -2.21. The minimum absolute atomic E-state index is 0.299. The van der Waals surface area contributed by atoms with Gasteiger partial charge in [0.05, 0.1) is 0 Å². The average Bonchev–Trinajstić information content (AvgIpc) is 2.17. The topological polar surface area (TPSA) is 32.3 Å². The third-order valence-electron chi connectivity index (χ3n) is 2.73. The summed E-state index contributed by atoms with van der Waals surface area (Å²) in [5.74, 6) is 0. The molecule has 0 amide bonds. The summed E-state index contributed by atoms with van der Waals surface area (Å²) in [4.78, 5) is 0. The maximum Gasteiger partial charge on any atom is 0.0445 e. The standard InChI is InChI=1S/C12H27NO/c1-4-6-7-8-11(3)13-12(5-2)9-10-14/h11-14H,4-10H2,1-3H3. The first-order valence-corrected chi connectivity index (χ1v) is 6.11. The van der Waals surface area contributed by atoms with E-state index in [9.17, 15) is 0 Å². The molecule has 86 valence electrons. The molecule has 2 unspecified atom stereocenters. The minimum Gasteiger partial charge on any atom is -0.396 e. The summed E-state index contributed by atoms with van der Waals surface area (Å²) < 4.78 is 0. The fraction of sp³-hybridized carbons (Fsp3) is 1.00. The summed E-state index contributed by atoms with van der Waals surface area (Å²) in [5.41, 5.74) is 0. The molecule has 0 aliphatic carbocycles. The van der Waals surface area contributed by atoms with E-state index in [0.717, 1.165) is 12.8 Å². The van der Waals surface area contributed by atoms with Crippen molar-refractivity contribution in [2.24, 2.45) is 0 Å². The highest BCUT2D eigenvalue weighted by Crippen LogP contribution is 2.06. The van der Waals surface area contributed by atoms with E-state index in [2.05, 4.69) is 26.1 Å². The zero-order valence-corrected chi connectivity index (χ0v) is 10.1. The molecule has 2 atom stereocenters. The van der Waals surface area contributed by atoms with Crippen LogP contribution in [0.1, 0.15) is 59.3 Å². The van der Waals surface area contributed by atoms with Gasteiger partial charge in [-0.15, -0.1) is 0 Å². The maximum absolute atomic E-state index is 8.85. The lowest BCUT2D eigenvalue weighted by molar-refractivity contribution is 0.255. The maximum atomic E-state index is 8.85. The smallest absolute Gasteiger partial charge is 0.0445 e. The Morgan fingerprint density at radius 3 is 2.36 bits per heavy atom. The highest BCUT2D eigenvalue weighted by molar-refractivity contribution is 4.69. The molecule has 0 aromatic carbocycles. The van der Waals surface area contributed by atoms with Crippen molar-refractivity contribution in [3.05, 3.63) is 0 Å². The predicted octanol–water partition coefficient (Wildman–Crippen LogP) is 2.71. The van der Waals surface area contributed by atoms with Crippen LogP contribution in [0.2, 0.25) is 0 Å². The van der Waals surface area contributed by atoms with Gasteiger partial charge in [0, 0.05) is 18.7 Å². The Morgan fingerprint density at radius 2 is 1.86 bits per heavy atom. The van der Waals surface area contributed by atoms with Crippen molar-refractivity contribution < 1.29 is 5.11 Å². The molecule has 2 N–H and O–H groups in total. The van der Waals surface area contributed by atoms with E-state index in [-0.39, 0.29) is 0 Å². The number of unbranched alkanes of at least 4 members (excludes halogenated alkanes) is 2. The Hall–Kier alpha value is -0.0800. The van der Waals surface area contributed by atoms with Crippen LogP contribution in [0, 0.1) is 0 Å². The fourth-order valence-corrected chi connectivity index (χ4v) is 1.75. The Bertz CT molecular complexity index is 117. The molecule has 0 heterocycles. The van der Waals surface area contributed by atoms with Crippen LogP contribution in [0.15, 0.2) is 0 Å². The molecule has 0 aromatic heterocycles. The second-order valence-corrected chi connectivity index (χ2v) is 4.18. The van der Waals surface area contributed by atoms with Crippen molar-refractivity contribution in [3.8, 4) is 0 Å². The molecule has 2 nitrogen and oxygen atoms in total. The summed E-state index contributed by atoms with van der Waals surface area (Å²) in [5, 5.41) is 12.4. The quantitative estimate of drug-likeness (QED) is 0.562. The number of hydrogen-bond acceptors (Lipinski definition) is 2. The van der Waals surface area contributed by atoms with Crippen molar-refractivity contribution in [3.63, 3.8) is 0 Å². The molecule has 0 aromatic rings. The predicted molar refractivity (Wildman–Crippen MR) is 62.5 cm³/mol. The second-order valence-electron chi connectivity index (χ2n) is 4.18. The van der Waals surface area contributed by atoms with Crippen LogP contribution in [0.3, 0.4) is 0 Å². The van der Waals surface area contributed by atoms with Crippen LogP contribution in [0.5, 0.6) is 0 Å². The van der Waals surface area contributed by atoms with Crippen molar-refractivity contribution in [1.82, 2.24) is 5.32 Å². The zero-order chi connectivity index (χ0) is 10.8. The van der Waals surface area contributed by atoms with Crippen LogP contribution < -0.4 is 5.32 Å². The normalized spacial score (nSPS) is 15.4. The van der Waals surface area contributed by atoms with E-state index in [0.29, 0.717) is 18.7 Å². The molecule has 0 bridgehead atoms. The molecule has 2 heteroatoms. The summed E-state index contributed by atoms with van der Waals surface area (Å²) in [6.45, 7) is 6.95.